The Balaban J connectivity index is 1.47. The first-order valence-electron chi connectivity index (χ1n) is 8.91. The van der Waals surface area contributed by atoms with E-state index in [4.69, 9.17) is 0 Å². The van der Waals surface area contributed by atoms with Crippen molar-refractivity contribution in [2.75, 3.05) is 18.0 Å². The molecule has 1 saturated heterocycles. The molecule has 1 amide bonds. The molecule has 2 fully saturated rings. The van der Waals surface area contributed by atoms with Crippen LogP contribution in [0.2, 0.25) is 0 Å². The van der Waals surface area contributed by atoms with Gasteiger partial charge < -0.3 is 10.2 Å². The molecule has 1 N–H and O–H groups in total. The van der Waals surface area contributed by atoms with E-state index in [9.17, 15) is 4.79 Å². The molecule has 3 nitrogen and oxygen atoms in total. The predicted octanol–water partition coefficient (Wildman–Crippen LogP) is 3.74. The Morgan fingerprint density at radius 3 is 2.59 bits per heavy atom. The van der Waals surface area contributed by atoms with Gasteiger partial charge in [-0.05, 0) is 43.7 Å². The van der Waals surface area contributed by atoms with Crippen LogP contribution in [-0.2, 0) is 4.79 Å². The fraction of sp³-hybridized carbons (Fsp3) is 0.632. The maximum atomic E-state index is 12.2. The number of hydrogen-bond donors (Lipinski definition) is 1. The van der Waals surface area contributed by atoms with Crippen molar-refractivity contribution in [3.8, 4) is 0 Å². The number of benzene rings is 1. The highest BCUT2D eigenvalue weighted by molar-refractivity contribution is 5.76. The Morgan fingerprint density at radius 1 is 1.05 bits per heavy atom. The molecule has 2 aliphatic rings. The lowest BCUT2D eigenvalue weighted by molar-refractivity contribution is -0.122. The van der Waals surface area contributed by atoms with Crippen LogP contribution in [0.1, 0.15) is 51.4 Å². The topological polar surface area (TPSA) is 32.3 Å². The zero-order valence-electron chi connectivity index (χ0n) is 13.5. The molecule has 1 aromatic carbocycles. The standard InChI is InChI=1S/C19H28N2O/c22-19(14-16-8-3-1-4-9-16)20-15-18-12-7-13-21(18)17-10-5-2-6-11-17/h2,5-6,10-11,16,18H,1,3-4,7-9,12-15H2,(H,20,22). The van der Waals surface area contributed by atoms with Gasteiger partial charge in [-0.1, -0.05) is 37.5 Å². The zero-order chi connectivity index (χ0) is 15.2. The maximum Gasteiger partial charge on any atom is 0.220 e. The number of nitrogens with zero attached hydrogens (tertiary/aromatic N) is 1. The third kappa shape index (κ3) is 4.02. The summed E-state index contributed by atoms with van der Waals surface area (Å²) in [4.78, 5) is 14.6. The summed E-state index contributed by atoms with van der Waals surface area (Å²) in [5.41, 5.74) is 1.28. The number of amides is 1. The average Bonchev–Trinajstić information content (AvgIpc) is 3.03. The molecule has 1 aromatic rings. The summed E-state index contributed by atoms with van der Waals surface area (Å²) in [6, 6.07) is 11.0. The Morgan fingerprint density at radius 2 is 1.82 bits per heavy atom. The fourth-order valence-corrected chi connectivity index (χ4v) is 3.96. The van der Waals surface area contributed by atoms with Crippen LogP contribution in [0.5, 0.6) is 0 Å². The van der Waals surface area contributed by atoms with Gasteiger partial charge in [-0.25, -0.2) is 0 Å². The first kappa shape index (κ1) is 15.4. The van der Waals surface area contributed by atoms with Crippen molar-refractivity contribution < 1.29 is 4.79 Å². The van der Waals surface area contributed by atoms with E-state index in [0.717, 1.165) is 19.5 Å². The summed E-state index contributed by atoms with van der Waals surface area (Å²) < 4.78 is 0. The van der Waals surface area contributed by atoms with Gasteiger partial charge >= 0.3 is 0 Å². The van der Waals surface area contributed by atoms with Crippen molar-refractivity contribution in [3.05, 3.63) is 30.3 Å². The molecule has 3 rings (SSSR count). The molecule has 1 aliphatic heterocycles. The minimum atomic E-state index is 0.256. The van der Waals surface area contributed by atoms with Gasteiger partial charge in [-0.3, -0.25) is 4.79 Å². The van der Waals surface area contributed by atoms with Crippen LogP contribution in [0.25, 0.3) is 0 Å². The van der Waals surface area contributed by atoms with E-state index in [1.807, 2.05) is 0 Å². The van der Waals surface area contributed by atoms with E-state index in [1.165, 1.54) is 50.6 Å². The highest BCUT2D eigenvalue weighted by atomic mass is 16.1. The Bertz CT molecular complexity index is 468. The largest absolute Gasteiger partial charge is 0.367 e. The zero-order valence-corrected chi connectivity index (χ0v) is 13.5. The van der Waals surface area contributed by atoms with E-state index in [-0.39, 0.29) is 5.91 Å². The number of hydrogen-bond acceptors (Lipinski definition) is 2. The highest BCUT2D eigenvalue weighted by Crippen LogP contribution is 2.27. The van der Waals surface area contributed by atoms with Crippen LogP contribution in [0.3, 0.4) is 0 Å². The number of para-hydroxylation sites is 1. The van der Waals surface area contributed by atoms with Crippen molar-refractivity contribution in [2.24, 2.45) is 5.92 Å². The van der Waals surface area contributed by atoms with E-state index in [2.05, 4.69) is 40.5 Å². The Hall–Kier alpha value is -1.51. The minimum absolute atomic E-state index is 0.256. The van der Waals surface area contributed by atoms with Gasteiger partial charge in [0.1, 0.15) is 0 Å². The summed E-state index contributed by atoms with van der Waals surface area (Å²) in [5, 5.41) is 3.19. The van der Waals surface area contributed by atoms with Crippen molar-refractivity contribution in [3.63, 3.8) is 0 Å². The second-order valence-electron chi connectivity index (χ2n) is 6.84. The minimum Gasteiger partial charge on any atom is -0.367 e. The molecule has 0 radical (unpaired) electrons. The molecule has 1 atom stereocenters. The lowest BCUT2D eigenvalue weighted by atomic mass is 9.87. The molecule has 3 heteroatoms. The van der Waals surface area contributed by atoms with Gasteiger partial charge in [-0.15, -0.1) is 0 Å². The Labute approximate surface area is 134 Å². The molecule has 120 valence electrons. The van der Waals surface area contributed by atoms with Crippen molar-refractivity contribution in [1.29, 1.82) is 0 Å². The third-order valence-corrected chi connectivity index (χ3v) is 5.20. The summed E-state index contributed by atoms with van der Waals surface area (Å²) in [5.74, 6) is 0.884. The average molecular weight is 300 g/mol. The van der Waals surface area contributed by atoms with Gasteiger partial charge in [-0.2, -0.15) is 0 Å². The van der Waals surface area contributed by atoms with E-state index >= 15 is 0 Å². The summed E-state index contributed by atoms with van der Waals surface area (Å²) >= 11 is 0. The first-order valence-corrected chi connectivity index (χ1v) is 8.91. The van der Waals surface area contributed by atoms with Gasteiger partial charge in [0.25, 0.3) is 0 Å². The van der Waals surface area contributed by atoms with E-state index in [0.29, 0.717) is 12.0 Å². The molecular weight excluding hydrogens is 272 g/mol. The molecule has 1 saturated carbocycles. The van der Waals surface area contributed by atoms with Gasteiger partial charge in [0.05, 0.1) is 0 Å². The van der Waals surface area contributed by atoms with Crippen LogP contribution >= 0.6 is 0 Å². The molecule has 1 aliphatic carbocycles. The van der Waals surface area contributed by atoms with Crippen molar-refractivity contribution in [2.45, 2.75) is 57.4 Å². The molecule has 0 bridgehead atoms. The summed E-state index contributed by atoms with van der Waals surface area (Å²) in [7, 11) is 0. The third-order valence-electron chi connectivity index (χ3n) is 5.20. The lowest BCUT2D eigenvalue weighted by Gasteiger charge is -2.27. The summed E-state index contributed by atoms with van der Waals surface area (Å²) in [6.07, 6.45) is 9.59. The molecule has 22 heavy (non-hydrogen) atoms. The fourth-order valence-electron chi connectivity index (χ4n) is 3.96. The van der Waals surface area contributed by atoms with Gasteiger partial charge in [0.15, 0.2) is 0 Å². The van der Waals surface area contributed by atoms with E-state index in [1.54, 1.807) is 0 Å². The van der Waals surface area contributed by atoms with Crippen LogP contribution in [0, 0.1) is 5.92 Å². The van der Waals surface area contributed by atoms with Gasteiger partial charge in [0.2, 0.25) is 5.91 Å². The second kappa shape index (κ2) is 7.66. The van der Waals surface area contributed by atoms with Crippen molar-refractivity contribution in [1.82, 2.24) is 5.32 Å². The van der Waals surface area contributed by atoms with Crippen LogP contribution < -0.4 is 10.2 Å². The number of carbonyl (C=O) groups is 1. The molecular formula is C19H28N2O. The quantitative estimate of drug-likeness (QED) is 0.898. The molecule has 0 aromatic heterocycles. The van der Waals surface area contributed by atoms with Crippen LogP contribution in [0.4, 0.5) is 5.69 Å². The van der Waals surface area contributed by atoms with Crippen LogP contribution in [0.15, 0.2) is 30.3 Å². The van der Waals surface area contributed by atoms with Gasteiger partial charge in [0, 0.05) is 31.2 Å². The second-order valence-corrected chi connectivity index (χ2v) is 6.84. The van der Waals surface area contributed by atoms with Crippen LogP contribution in [-0.4, -0.2) is 25.0 Å². The number of anilines is 1. The number of nitrogens with one attached hydrogen (secondary N) is 1. The normalized spacial score (nSPS) is 22.7. The monoisotopic (exact) mass is 300 g/mol. The predicted molar refractivity (Wildman–Crippen MR) is 91.0 cm³/mol. The number of rotatable bonds is 5. The molecule has 1 unspecified atom stereocenters. The maximum absolute atomic E-state index is 12.2. The number of carbonyl (C=O) groups excluding carboxylic acids is 1. The summed E-state index contributed by atoms with van der Waals surface area (Å²) in [6.45, 7) is 1.90. The van der Waals surface area contributed by atoms with E-state index < -0.39 is 0 Å². The Kier molecular flexibility index (Phi) is 5.36. The smallest absolute Gasteiger partial charge is 0.220 e. The molecule has 1 heterocycles. The van der Waals surface area contributed by atoms with Crippen molar-refractivity contribution >= 4 is 11.6 Å². The lowest BCUT2D eigenvalue weighted by Crippen LogP contribution is -2.40. The SMILES string of the molecule is O=C(CC1CCCCC1)NCC1CCCN1c1ccccc1. The first-order chi connectivity index (χ1) is 10.8. The molecule has 0 spiro atoms. The highest BCUT2D eigenvalue weighted by Gasteiger charge is 2.25.